The predicted molar refractivity (Wildman–Crippen MR) is 71.4 cm³/mol. The number of rotatable bonds is 2. The van der Waals surface area contributed by atoms with Gasteiger partial charge in [-0.3, -0.25) is 0 Å². The van der Waals surface area contributed by atoms with Crippen LogP contribution in [-0.4, -0.2) is 9.55 Å². The Kier molecular flexibility index (Phi) is 2.54. The summed E-state index contributed by atoms with van der Waals surface area (Å²) < 4.78 is 2.89. The summed E-state index contributed by atoms with van der Waals surface area (Å²) in [5.41, 5.74) is 7.85. The Labute approximate surface area is 113 Å². The molecule has 1 aliphatic carbocycles. The quantitative estimate of drug-likeness (QED) is 0.925. The minimum absolute atomic E-state index is 0.193. The van der Waals surface area contributed by atoms with Crippen molar-refractivity contribution in [2.24, 2.45) is 5.73 Å². The number of halogens is 2. The summed E-state index contributed by atoms with van der Waals surface area (Å²) in [5, 5.41) is 0.693. The average Bonchev–Trinajstić information content (AvgIpc) is 2.82. The Hall–Kier alpha value is -0.840. The molecule has 0 aliphatic heterocycles. The molecule has 3 nitrogen and oxygen atoms in total. The van der Waals surface area contributed by atoms with Gasteiger partial charge in [0.1, 0.15) is 0 Å². The van der Waals surface area contributed by atoms with Crippen LogP contribution >= 0.6 is 27.5 Å². The van der Waals surface area contributed by atoms with Crippen molar-refractivity contribution < 1.29 is 0 Å². The van der Waals surface area contributed by atoms with Gasteiger partial charge in [-0.1, -0.05) is 27.5 Å². The van der Waals surface area contributed by atoms with Crippen LogP contribution < -0.4 is 5.73 Å². The molecule has 0 unspecified atom stereocenters. The van der Waals surface area contributed by atoms with Crippen molar-refractivity contribution in [3.05, 3.63) is 45.9 Å². The Bertz CT molecular complexity index is 555. The van der Waals surface area contributed by atoms with E-state index in [9.17, 15) is 0 Å². The van der Waals surface area contributed by atoms with Gasteiger partial charge in [0.05, 0.1) is 17.6 Å². The van der Waals surface area contributed by atoms with E-state index in [0.717, 1.165) is 28.7 Å². The highest BCUT2D eigenvalue weighted by Crippen LogP contribution is 2.41. The molecule has 17 heavy (non-hydrogen) atoms. The molecule has 1 fully saturated rings. The van der Waals surface area contributed by atoms with E-state index in [2.05, 4.69) is 20.9 Å². The molecular formula is C12H11BrClN3. The van der Waals surface area contributed by atoms with E-state index < -0.39 is 0 Å². The molecule has 1 saturated carbocycles. The first-order valence-corrected chi connectivity index (χ1v) is 6.54. The summed E-state index contributed by atoms with van der Waals surface area (Å²) in [6.07, 6.45) is 5.79. The zero-order valence-electron chi connectivity index (χ0n) is 9.03. The van der Waals surface area contributed by atoms with Crippen LogP contribution in [0.25, 0.3) is 5.69 Å². The highest BCUT2D eigenvalue weighted by Gasteiger charge is 2.42. The van der Waals surface area contributed by atoms with Crippen LogP contribution in [0.4, 0.5) is 0 Å². The zero-order chi connectivity index (χ0) is 12.0. The number of hydrogen-bond acceptors (Lipinski definition) is 2. The van der Waals surface area contributed by atoms with Crippen molar-refractivity contribution in [1.82, 2.24) is 9.55 Å². The zero-order valence-corrected chi connectivity index (χ0v) is 11.4. The fraction of sp³-hybridized carbons (Fsp3) is 0.250. The maximum absolute atomic E-state index is 6.11. The Morgan fingerprint density at radius 3 is 2.76 bits per heavy atom. The Morgan fingerprint density at radius 2 is 2.12 bits per heavy atom. The molecular weight excluding hydrogens is 302 g/mol. The average molecular weight is 313 g/mol. The van der Waals surface area contributed by atoms with Gasteiger partial charge in [0.25, 0.3) is 0 Å². The summed E-state index contributed by atoms with van der Waals surface area (Å²) in [5.74, 6) is 0. The van der Waals surface area contributed by atoms with Crippen LogP contribution in [0, 0.1) is 0 Å². The summed E-state index contributed by atoms with van der Waals surface area (Å²) in [4.78, 5) is 4.37. The number of benzene rings is 1. The molecule has 1 aromatic heterocycles. The summed E-state index contributed by atoms with van der Waals surface area (Å²) in [6.45, 7) is 0. The third-order valence-electron chi connectivity index (χ3n) is 3.03. The number of nitrogens with zero attached hydrogens (tertiary/aromatic N) is 2. The van der Waals surface area contributed by atoms with Crippen LogP contribution in [0.1, 0.15) is 18.5 Å². The van der Waals surface area contributed by atoms with Crippen LogP contribution in [0.5, 0.6) is 0 Å². The molecule has 0 bridgehead atoms. The summed E-state index contributed by atoms with van der Waals surface area (Å²) in [6, 6.07) is 5.75. The first-order chi connectivity index (χ1) is 8.07. The van der Waals surface area contributed by atoms with Crippen molar-refractivity contribution >= 4 is 27.5 Å². The molecule has 0 spiro atoms. The fourth-order valence-electron chi connectivity index (χ4n) is 1.80. The van der Waals surface area contributed by atoms with Gasteiger partial charge in [0.15, 0.2) is 0 Å². The molecule has 0 atom stereocenters. The maximum atomic E-state index is 6.11. The molecule has 5 heteroatoms. The molecule has 3 rings (SSSR count). The van der Waals surface area contributed by atoms with Gasteiger partial charge in [0, 0.05) is 21.4 Å². The van der Waals surface area contributed by atoms with Crippen molar-refractivity contribution in [1.29, 1.82) is 0 Å². The molecule has 0 amide bonds. The Balaban J connectivity index is 2.00. The first-order valence-electron chi connectivity index (χ1n) is 5.37. The van der Waals surface area contributed by atoms with Crippen LogP contribution in [0.2, 0.25) is 5.02 Å². The van der Waals surface area contributed by atoms with E-state index >= 15 is 0 Å². The number of aromatic nitrogens is 2. The lowest BCUT2D eigenvalue weighted by molar-refractivity contribution is 0.713. The third kappa shape index (κ3) is 2.12. The summed E-state index contributed by atoms with van der Waals surface area (Å²) >= 11 is 9.45. The van der Waals surface area contributed by atoms with E-state index in [1.165, 1.54) is 0 Å². The fourth-order valence-corrected chi connectivity index (χ4v) is 2.64. The lowest BCUT2D eigenvalue weighted by Gasteiger charge is -2.05. The normalized spacial score (nSPS) is 17.1. The largest absolute Gasteiger partial charge is 0.320 e. The van der Waals surface area contributed by atoms with Crippen molar-refractivity contribution in [2.45, 2.75) is 18.4 Å². The van der Waals surface area contributed by atoms with E-state index in [1.54, 1.807) is 6.33 Å². The number of hydrogen-bond donors (Lipinski definition) is 1. The van der Waals surface area contributed by atoms with Crippen LogP contribution in [0.3, 0.4) is 0 Å². The Morgan fingerprint density at radius 1 is 1.35 bits per heavy atom. The van der Waals surface area contributed by atoms with E-state index in [0.29, 0.717) is 5.02 Å². The first kappa shape index (κ1) is 11.3. The van der Waals surface area contributed by atoms with E-state index in [1.807, 2.05) is 29.0 Å². The van der Waals surface area contributed by atoms with Gasteiger partial charge in [-0.2, -0.15) is 0 Å². The summed E-state index contributed by atoms with van der Waals surface area (Å²) in [7, 11) is 0. The highest BCUT2D eigenvalue weighted by atomic mass is 79.9. The minimum Gasteiger partial charge on any atom is -0.320 e. The minimum atomic E-state index is -0.193. The number of imidazole rings is 1. The smallest absolute Gasteiger partial charge is 0.0996 e. The predicted octanol–water partition coefficient (Wildman–Crippen LogP) is 3.24. The third-order valence-corrected chi connectivity index (χ3v) is 3.70. The van der Waals surface area contributed by atoms with Crippen LogP contribution in [0.15, 0.2) is 35.2 Å². The van der Waals surface area contributed by atoms with Gasteiger partial charge < -0.3 is 10.3 Å². The second-order valence-corrected chi connectivity index (χ2v) is 5.80. The van der Waals surface area contributed by atoms with Crippen molar-refractivity contribution in [3.63, 3.8) is 0 Å². The van der Waals surface area contributed by atoms with E-state index in [-0.39, 0.29) is 5.54 Å². The second kappa shape index (κ2) is 3.83. The van der Waals surface area contributed by atoms with E-state index in [4.69, 9.17) is 17.3 Å². The standard InChI is InChI=1S/C12H11BrClN3/c13-8-3-9(14)5-10(4-8)17-6-11(16-7-17)12(15)1-2-12/h3-7H,1-2,15H2. The highest BCUT2D eigenvalue weighted by molar-refractivity contribution is 9.10. The molecule has 2 aromatic rings. The molecule has 1 aromatic carbocycles. The lowest BCUT2D eigenvalue weighted by Crippen LogP contribution is -2.18. The molecule has 0 saturated heterocycles. The second-order valence-electron chi connectivity index (χ2n) is 4.45. The van der Waals surface area contributed by atoms with Crippen molar-refractivity contribution in [3.8, 4) is 5.69 Å². The van der Waals surface area contributed by atoms with Gasteiger partial charge >= 0.3 is 0 Å². The van der Waals surface area contributed by atoms with Gasteiger partial charge in [0.2, 0.25) is 0 Å². The molecule has 2 N–H and O–H groups in total. The van der Waals surface area contributed by atoms with Gasteiger partial charge in [-0.25, -0.2) is 4.98 Å². The molecule has 1 aliphatic rings. The van der Waals surface area contributed by atoms with Crippen LogP contribution in [-0.2, 0) is 5.54 Å². The molecule has 88 valence electrons. The van der Waals surface area contributed by atoms with Gasteiger partial charge in [-0.05, 0) is 31.0 Å². The lowest BCUT2D eigenvalue weighted by atomic mass is 10.2. The molecule has 1 heterocycles. The topological polar surface area (TPSA) is 43.8 Å². The molecule has 0 radical (unpaired) electrons. The van der Waals surface area contributed by atoms with Crippen molar-refractivity contribution in [2.75, 3.05) is 0 Å². The SMILES string of the molecule is NC1(c2cn(-c3cc(Cl)cc(Br)c3)cn2)CC1. The monoisotopic (exact) mass is 311 g/mol. The van der Waals surface area contributed by atoms with Gasteiger partial charge in [-0.15, -0.1) is 0 Å². The number of nitrogens with two attached hydrogens (primary N) is 1. The maximum Gasteiger partial charge on any atom is 0.0996 e.